The van der Waals surface area contributed by atoms with Gasteiger partial charge < -0.3 is 43.9 Å². The van der Waals surface area contributed by atoms with Crippen molar-refractivity contribution in [2.75, 3.05) is 12.9 Å². The predicted molar refractivity (Wildman–Crippen MR) is 330 cm³/mol. The first-order chi connectivity index (χ1) is 40.5. The Morgan fingerprint density at radius 3 is 1.49 bits per heavy atom. The van der Waals surface area contributed by atoms with Crippen molar-refractivity contribution in [3.63, 3.8) is 0 Å². The fraction of sp³-hybridized carbons (Fsp3) is 0.484. The number of methoxy groups -OCH3 is 1. The minimum atomic E-state index is -3.49. The molecule has 6 fully saturated rings. The van der Waals surface area contributed by atoms with E-state index in [1.807, 2.05) is 27.7 Å². The zero-order valence-electron chi connectivity index (χ0n) is 50.4. The molecule has 22 heteroatoms. The molecule has 8 aromatic rings. The molecule has 4 N–H and O–H groups in total. The largest absolute Gasteiger partial charge is 1.00 e. The van der Waals surface area contributed by atoms with Gasteiger partial charge in [0.05, 0.1) is 80.0 Å². The van der Waals surface area contributed by atoms with E-state index in [-0.39, 0.29) is 52.1 Å². The molecular formula is C64H77N6NaO11S4. The molecule has 4 aromatic carbocycles. The number of piperidine rings is 2. The molecule has 0 radical (unpaired) electrons. The van der Waals surface area contributed by atoms with Crippen LogP contribution in [0.4, 0.5) is 0 Å². The number of fused-ring (bicyclic) bond motifs is 6. The van der Waals surface area contributed by atoms with E-state index < -0.39 is 26.9 Å². The van der Waals surface area contributed by atoms with Gasteiger partial charge in [-0.1, -0.05) is 58.8 Å². The first-order valence-electron chi connectivity index (χ1n) is 29.4. The summed E-state index contributed by atoms with van der Waals surface area (Å²) in [4.78, 5) is 20.3. The smallest absolute Gasteiger partial charge is 0.768 e. The Labute approximate surface area is 536 Å². The Morgan fingerprint density at radius 2 is 1.07 bits per heavy atom. The first kappa shape index (κ1) is 65.8. The number of hydrogen-bond donors (Lipinski definition) is 2. The second kappa shape index (κ2) is 28.9. The van der Waals surface area contributed by atoms with E-state index in [1.165, 1.54) is 115 Å². The second-order valence-corrected chi connectivity index (χ2v) is 29.0. The van der Waals surface area contributed by atoms with E-state index >= 15 is 0 Å². The second-order valence-electron chi connectivity index (χ2n) is 23.5. The summed E-state index contributed by atoms with van der Waals surface area (Å²) in [6, 6.07) is 26.0. The van der Waals surface area contributed by atoms with Gasteiger partial charge in [-0.3, -0.25) is 9.00 Å². The minimum Gasteiger partial charge on any atom is -0.768 e. The van der Waals surface area contributed by atoms with Gasteiger partial charge in [-0.15, -0.1) is 22.7 Å². The number of nitrogens with zero attached hydrogens (tertiary/aromatic N) is 4. The van der Waals surface area contributed by atoms with Crippen LogP contribution in [0.5, 0.6) is 0 Å². The van der Waals surface area contributed by atoms with E-state index in [4.69, 9.17) is 18.5 Å². The quantitative estimate of drug-likeness (QED) is 0.0551. The molecule has 3 unspecified atom stereocenters. The fourth-order valence-corrected chi connectivity index (χ4v) is 16.2. The van der Waals surface area contributed by atoms with Crippen LogP contribution in [0.15, 0.2) is 91.6 Å². The maximum absolute atomic E-state index is 12.2. The summed E-state index contributed by atoms with van der Waals surface area (Å²) in [5, 5.41) is 18.1. The van der Waals surface area contributed by atoms with Gasteiger partial charge in [0.2, 0.25) is 0 Å². The summed E-state index contributed by atoms with van der Waals surface area (Å²) in [7, 11) is -2.25. The van der Waals surface area contributed by atoms with Crippen molar-refractivity contribution < 1.29 is 80.3 Å². The molecule has 7 atom stereocenters. The van der Waals surface area contributed by atoms with Crippen LogP contribution in [-0.2, 0) is 53.1 Å². The number of thiazole rings is 2. The molecular weight excluding hydrogens is 1180 g/mol. The SMILES string of the molecule is COC(=O)CCS(=O)(=O)c1cc(C)c2nc(C)sc2c1.Cc1ccccc1-c1noc(C2CC2)c1COC1C[C@H]2CC[C@@H](C1)N2.Cc1ccccc1-c1noc(C2CC2)c1COC1C[C@H]2CC[C@@H](C1)N2.Cc1nc2c(C)cc(S(=O)[O-])cc2s1.O.[Na+]. The third kappa shape index (κ3) is 15.9. The molecule has 0 amide bonds. The molecule has 2 saturated carbocycles. The van der Waals surface area contributed by atoms with E-state index in [0.29, 0.717) is 66.3 Å². The summed E-state index contributed by atoms with van der Waals surface area (Å²) in [6.45, 7) is 13.0. The minimum absolute atomic E-state index is 0. The average molecular weight is 1260 g/mol. The first-order valence-corrected chi connectivity index (χ1v) is 33.8. The normalized spacial score (nSPS) is 21.4. The van der Waals surface area contributed by atoms with Gasteiger partial charge in [0.1, 0.15) is 22.9 Å². The monoisotopic (exact) mass is 1260 g/mol. The van der Waals surface area contributed by atoms with E-state index in [9.17, 15) is 22.0 Å². The molecule has 0 spiro atoms. The number of carbonyl (C=O) groups excluding carboxylic acids is 1. The Kier molecular flexibility index (Phi) is 22.1. The van der Waals surface area contributed by atoms with Gasteiger partial charge in [-0.25, -0.2) is 18.4 Å². The molecule has 2 aliphatic carbocycles. The Hall–Kier alpha value is -4.59. The fourth-order valence-electron chi connectivity index (χ4n) is 12.3. The zero-order chi connectivity index (χ0) is 58.8. The molecule has 14 rings (SSSR count). The van der Waals surface area contributed by atoms with E-state index in [2.05, 4.69) is 98.0 Å². The van der Waals surface area contributed by atoms with Crippen LogP contribution in [-0.4, -0.2) is 98.1 Å². The van der Waals surface area contributed by atoms with Gasteiger partial charge in [-0.05, 0) is 176 Å². The maximum Gasteiger partial charge on any atom is 1.00 e. The van der Waals surface area contributed by atoms with E-state index in [1.54, 1.807) is 24.3 Å². The molecule has 86 heavy (non-hydrogen) atoms. The maximum atomic E-state index is 12.2. The molecule has 4 aromatic heterocycles. The number of hydrogen-bond acceptors (Lipinski definition) is 18. The molecule has 6 aliphatic rings. The Balaban J connectivity index is 0.000000139. The van der Waals surface area contributed by atoms with Gasteiger partial charge in [0.15, 0.2) is 9.84 Å². The van der Waals surface area contributed by atoms with Crippen molar-refractivity contribution in [1.29, 1.82) is 0 Å². The molecule has 17 nitrogen and oxygen atoms in total. The van der Waals surface area contributed by atoms with Gasteiger partial charge >= 0.3 is 35.5 Å². The topological polar surface area (TPSA) is 252 Å². The number of benzene rings is 4. The number of rotatable bonds is 15. The van der Waals surface area contributed by atoms with Crippen molar-refractivity contribution in [2.24, 2.45) is 0 Å². The number of carbonyl (C=O) groups is 1. The third-order valence-corrected chi connectivity index (χ3v) is 21.2. The zero-order valence-corrected chi connectivity index (χ0v) is 55.6. The molecule has 8 heterocycles. The van der Waals surface area contributed by atoms with Crippen molar-refractivity contribution in [2.45, 2.75) is 196 Å². The van der Waals surface area contributed by atoms with Gasteiger partial charge in [0.25, 0.3) is 0 Å². The van der Waals surface area contributed by atoms with Crippen molar-refractivity contribution >= 4 is 70.0 Å². The van der Waals surface area contributed by atoms with Crippen LogP contribution in [0.3, 0.4) is 0 Å². The Bertz CT molecular complexity index is 3640. The molecule has 4 saturated heterocycles. The van der Waals surface area contributed by atoms with E-state index in [0.717, 1.165) is 90.2 Å². The molecule has 454 valence electrons. The number of ether oxygens (including phenoxy) is 3. The van der Waals surface area contributed by atoms with Crippen LogP contribution in [0.2, 0.25) is 0 Å². The number of aromatic nitrogens is 4. The summed E-state index contributed by atoms with van der Waals surface area (Å²) in [6.07, 6.45) is 15.2. The Morgan fingerprint density at radius 1 is 0.640 bits per heavy atom. The van der Waals surface area contributed by atoms with Crippen LogP contribution in [0.1, 0.15) is 150 Å². The van der Waals surface area contributed by atoms with Crippen molar-refractivity contribution in [3.8, 4) is 22.5 Å². The number of esters is 1. The van der Waals surface area contributed by atoms with Crippen LogP contribution in [0.25, 0.3) is 42.9 Å². The van der Waals surface area contributed by atoms with Gasteiger partial charge in [0, 0.05) is 63.2 Å². The van der Waals surface area contributed by atoms with Gasteiger partial charge in [-0.2, -0.15) is 0 Å². The van der Waals surface area contributed by atoms with Crippen LogP contribution < -0.4 is 40.2 Å². The number of aryl methyl sites for hydroxylation is 6. The summed E-state index contributed by atoms with van der Waals surface area (Å²) < 4.78 is 76.6. The van der Waals surface area contributed by atoms with Crippen molar-refractivity contribution in [3.05, 3.63) is 128 Å². The third-order valence-electron chi connectivity index (χ3n) is 17.0. The van der Waals surface area contributed by atoms with Crippen LogP contribution in [0, 0.1) is 41.5 Å². The van der Waals surface area contributed by atoms with Crippen LogP contribution >= 0.6 is 22.7 Å². The molecule has 4 bridgehead atoms. The number of nitrogens with one attached hydrogen (secondary N) is 2. The predicted octanol–water partition coefficient (Wildman–Crippen LogP) is 9.23. The van der Waals surface area contributed by atoms with Crippen molar-refractivity contribution in [1.82, 2.24) is 30.9 Å². The molecule has 4 aliphatic heterocycles. The summed E-state index contributed by atoms with van der Waals surface area (Å²) >= 11 is 0.815. The summed E-state index contributed by atoms with van der Waals surface area (Å²) in [5.74, 6) is 2.45. The average Bonchev–Trinajstić information content (AvgIpc) is 2.57. The standard InChI is InChI=1S/2C21H26N2O2.C13H15NO4S2.C9H9NO2S2.Na.H2O/c2*1-13-4-2-3-5-18(13)20-19(21(25-23-20)14-6-7-14)12-24-17-10-15-8-9-16(11-17)22-15;1-8-6-10(7-11-13(8)14-9(2)19-11)20(16,17)5-4-12(15)18-3;1-5-3-7(14(11)12)4-8-9(5)10-6(2)13-8;;/h2*2-5,14-17,22H,6-12H2,1H3;6-7H,4-5H2,1-3H3;3-4H,1-2H3,(H,11,12);;1H2/q;;;;+1;/p-1/t2*15-,16+,17?;;;;. The summed E-state index contributed by atoms with van der Waals surface area (Å²) in [5.41, 5.74) is 12.6. The number of sulfone groups is 1.